The number of hydrogen-bond donors (Lipinski definition) is 1. The molecule has 0 aliphatic carbocycles. The zero-order valence-electron chi connectivity index (χ0n) is 18.4. The third-order valence-electron chi connectivity index (χ3n) is 4.87. The van der Waals surface area contributed by atoms with E-state index in [0.717, 1.165) is 5.69 Å². The fourth-order valence-corrected chi connectivity index (χ4v) is 3.66. The number of benzene rings is 2. The standard InChI is InChI=1S/C24H23ClFN3O4/c1-4-31-21(30)8-6-17-10-15-9-16(12-19(26)22(15)27-17)23-28-24(33-29-23)14-5-7-20(18(25)11-14)32-13(2)3/h5,7,9-13,27H,4,6,8H2,1-3H3. The number of nitrogens with one attached hydrogen (secondary N) is 1. The molecule has 0 spiro atoms. The van der Waals surface area contributed by atoms with E-state index in [0.29, 0.717) is 45.8 Å². The first-order valence-corrected chi connectivity index (χ1v) is 11.0. The van der Waals surface area contributed by atoms with Crippen LogP contribution in [0.25, 0.3) is 33.7 Å². The minimum absolute atomic E-state index is 0.00715. The number of aromatic nitrogens is 3. The maximum absolute atomic E-state index is 14.8. The van der Waals surface area contributed by atoms with E-state index in [1.807, 2.05) is 13.8 Å². The summed E-state index contributed by atoms with van der Waals surface area (Å²) in [5.41, 5.74) is 2.19. The highest BCUT2D eigenvalue weighted by molar-refractivity contribution is 6.32. The molecule has 0 atom stereocenters. The van der Waals surface area contributed by atoms with Crippen LogP contribution in [-0.2, 0) is 16.0 Å². The lowest BCUT2D eigenvalue weighted by molar-refractivity contribution is -0.143. The van der Waals surface area contributed by atoms with Crippen LogP contribution in [0.15, 0.2) is 40.9 Å². The van der Waals surface area contributed by atoms with E-state index < -0.39 is 5.82 Å². The number of fused-ring (bicyclic) bond motifs is 1. The van der Waals surface area contributed by atoms with Crippen LogP contribution in [0.2, 0.25) is 5.02 Å². The quantitative estimate of drug-likeness (QED) is 0.319. The van der Waals surface area contributed by atoms with Crippen LogP contribution in [0.3, 0.4) is 0 Å². The van der Waals surface area contributed by atoms with Crippen molar-refractivity contribution in [1.82, 2.24) is 15.1 Å². The van der Waals surface area contributed by atoms with Gasteiger partial charge in [-0.15, -0.1) is 0 Å². The summed E-state index contributed by atoms with van der Waals surface area (Å²) in [7, 11) is 0. The van der Waals surface area contributed by atoms with Crippen LogP contribution in [0.4, 0.5) is 4.39 Å². The molecule has 0 radical (unpaired) electrons. The van der Waals surface area contributed by atoms with E-state index in [1.54, 1.807) is 37.3 Å². The topological polar surface area (TPSA) is 90.2 Å². The largest absolute Gasteiger partial charge is 0.489 e. The highest BCUT2D eigenvalue weighted by Crippen LogP contribution is 2.32. The Labute approximate surface area is 194 Å². The van der Waals surface area contributed by atoms with Crippen LogP contribution in [0.5, 0.6) is 5.75 Å². The molecule has 0 aliphatic rings. The predicted octanol–water partition coefficient (Wildman–Crippen LogP) is 5.96. The van der Waals surface area contributed by atoms with Crippen molar-refractivity contribution in [2.24, 2.45) is 0 Å². The number of rotatable bonds is 8. The Morgan fingerprint density at radius 3 is 2.76 bits per heavy atom. The van der Waals surface area contributed by atoms with Crippen LogP contribution in [0, 0.1) is 5.82 Å². The molecular weight excluding hydrogens is 449 g/mol. The van der Waals surface area contributed by atoms with Gasteiger partial charge in [-0.2, -0.15) is 4.98 Å². The third kappa shape index (κ3) is 5.17. The van der Waals surface area contributed by atoms with E-state index in [4.69, 9.17) is 25.6 Å². The molecule has 33 heavy (non-hydrogen) atoms. The SMILES string of the molecule is CCOC(=O)CCc1cc2cc(-c3noc(-c4ccc(OC(C)C)c(Cl)c4)n3)cc(F)c2[nH]1. The van der Waals surface area contributed by atoms with Gasteiger partial charge in [-0.05, 0) is 63.6 Å². The van der Waals surface area contributed by atoms with Gasteiger partial charge >= 0.3 is 5.97 Å². The first-order chi connectivity index (χ1) is 15.8. The Morgan fingerprint density at radius 1 is 1.21 bits per heavy atom. The highest BCUT2D eigenvalue weighted by Gasteiger charge is 2.16. The molecule has 9 heteroatoms. The van der Waals surface area contributed by atoms with E-state index in [2.05, 4.69) is 15.1 Å². The summed E-state index contributed by atoms with van der Waals surface area (Å²) in [4.78, 5) is 19.0. The van der Waals surface area contributed by atoms with Gasteiger partial charge in [-0.1, -0.05) is 16.8 Å². The molecule has 0 amide bonds. The fourth-order valence-electron chi connectivity index (χ4n) is 3.43. The minimum Gasteiger partial charge on any atom is -0.489 e. The number of aromatic amines is 1. The number of halogens is 2. The average Bonchev–Trinajstić information content (AvgIpc) is 3.41. The number of hydrogen-bond acceptors (Lipinski definition) is 6. The number of esters is 1. The lowest BCUT2D eigenvalue weighted by Gasteiger charge is -2.11. The Balaban J connectivity index is 1.57. The minimum atomic E-state index is -0.450. The zero-order chi connectivity index (χ0) is 23.5. The second kappa shape index (κ2) is 9.62. The number of carbonyl (C=O) groups is 1. The highest BCUT2D eigenvalue weighted by atomic mass is 35.5. The smallest absolute Gasteiger partial charge is 0.306 e. The van der Waals surface area contributed by atoms with Gasteiger partial charge < -0.3 is 19.0 Å². The summed E-state index contributed by atoms with van der Waals surface area (Å²) in [6.07, 6.45) is 0.631. The summed E-state index contributed by atoms with van der Waals surface area (Å²) in [5, 5.41) is 5.07. The van der Waals surface area contributed by atoms with Gasteiger partial charge in [0.1, 0.15) is 11.6 Å². The summed E-state index contributed by atoms with van der Waals surface area (Å²) in [5.74, 6) is 0.329. The molecule has 0 fully saturated rings. The van der Waals surface area contributed by atoms with Gasteiger partial charge in [0.2, 0.25) is 5.82 Å². The molecule has 0 saturated carbocycles. The van der Waals surface area contributed by atoms with Crippen LogP contribution in [-0.4, -0.2) is 33.8 Å². The molecule has 0 aliphatic heterocycles. The van der Waals surface area contributed by atoms with Crippen molar-refractivity contribution in [3.63, 3.8) is 0 Å². The monoisotopic (exact) mass is 471 g/mol. The van der Waals surface area contributed by atoms with E-state index in [-0.39, 0.29) is 30.2 Å². The molecule has 2 heterocycles. The van der Waals surface area contributed by atoms with Gasteiger partial charge in [0, 0.05) is 22.2 Å². The van der Waals surface area contributed by atoms with E-state index in [1.165, 1.54) is 6.07 Å². The van der Waals surface area contributed by atoms with Gasteiger partial charge in [0.15, 0.2) is 0 Å². The number of H-pyrrole nitrogens is 1. The van der Waals surface area contributed by atoms with Crippen LogP contribution in [0.1, 0.15) is 32.9 Å². The predicted molar refractivity (Wildman–Crippen MR) is 123 cm³/mol. The Bertz CT molecular complexity index is 1300. The Hall–Kier alpha value is -3.39. The van der Waals surface area contributed by atoms with Gasteiger partial charge in [-0.3, -0.25) is 4.79 Å². The number of ether oxygens (including phenoxy) is 2. The molecule has 0 unspecified atom stereocenters. The molecule has 7 nitrogen and oxygen atoms in total. The van der Waals surface area contributed by atoms with Crippen molar-refractivity contribution in [3.8, 4) is 28.6 Å². The lowest BCUT2D eigenvalue weighted by Crippen LogP contribution is -2.05. The van der Waals surface area contributed by atoms with E-state index >= 15 is 0 Å². The number of aryl methyl sites for hydroxylation is 1. The maximum Gasteiger partial charge on any atom is 0.306 e. The summed E-state index contributed by atoms with van der Waals surface area (Å²) in [6.45, 7) is 5.92. The van der Waals surface area contributed by atoms with Gasteiger partial charge in [-0.25, -0.2) is 4.39 Å². The number of nitrogens with zero attached hydrogens (tertiary/aromatic N) is 2. The molecular formula is C24H23ClFN3O4. The molecule has 0 saturated heterocycles. The van der Waals surface area contributed by atoms with Crippen molar-refractivity contribution in [1.29, 1.82) is 0 Å². The molecule has 4 rings (SSSR count). The van der Waals surface area contributed by atoms with Crippen molar-refractivity contribution >= 4 is 28.5 Å². The molecule has 1 N–H and O–H groups in total. The normalized spacial score (nSPS) is 11.3. The third-order valence-corrected chi connectivity index (χ3v) is 5.16. The van der Waals surface area contributed by atoms with Crippen LogP contribution < -0.4 is 4.74 Å². The van der Waals surface area contributed by atoms with Gasteiger partial charge in [0.25, 0.3) is 5.89 Å². The second-order valence-corrected chi connectivity index (χ2v) is 8.16. The maximum atomic E-state index is 14.8. The second-order valence-electron chi connectivity index (χ2n) is 7.76. The first kappa shape index (κ1) is 22.8. The number of carbonyl (C=O) groups excluding carboxylic acids is 1. The Morgan fingerprint density at radius 2 is 2.03 bits per heavy atom. The summed E-state index contributed by atoms with van der Waals surface area (Å²) >= 11 is 6.30. The van der Waals surface area contributed by atoms with E-state index in [9.17, 15) is 9.18 Å². The molecule has 4 aromatic rings. The van der Waals surface area contributed by atoms with Crippen molar-refractivity contribution < 1.29 is 23.2 Å². The molecule has 2 aromatic heterocycles. The van der Waals surface area contributed by atoms with Crippen molar-refractivity contribution in [3.05, 3.63) is 52.9 Å². The summed E-state index contributed by atoms with van der Waals surface area (Å²) < 4.78 is 30.7. The summed E-state index contributed by atoms with van der Waals surface area (Å²) in [6, 6.07) is 10.1. The van der Waals surface area contributed by atoms with Gasteiger partial charge in [0.05, 0.1) is 29.7 Å². The van der Waals surface area contributed by atoms with Crippen LogP contribution >= 0.6 is 11.6 Å². The molecule has 172 valence electrons. The lowest BCUT2D eigenvalue weighted by atomic mass is 10.1. The van der Waals surface area contributed by atoms with Crippen molar-refractivity contribution in [2.45, 2.75) is 39.7 Å². The Kier molecular flexibility index (Phi) is 6.65. The first-order valence-electron chi connectivity index (χ1n) is 10.6. The zero-order valence-corrected chi connectivity index (χ0v) is 19.2. The van der Waals surface area contributed by atoms with Crippen molar-refractivity contribution in [2.75, 3.05) is 6.61 Å². The molecule has 0 bridgehead atoms. The average molecular weight is 472 g/mol. The fraction of sp³-hybridized carbons (Fsp3) is 0.292. The molecule has 2 aromatic carbocycles.